The summed E-state index contributed by atoms with van der Waals surface area (Å²) in [7, 11) is -0.763. The van der Waals surface area contributed by atoms with Crippen LogP contribution >= 0.6 is 11.6 Å². The van der Waals surface area contributed by atoms with Gasteiger partial charge in [0.15, 0.2) is 32.8 Å². The molecule has 0 radical (unpaired) electrons. The lowest BCUT2D eigenvalue weighted by atomic mass is 10.2. The molecule has 1 aromatic carbocycles. The Hall–Kier alpha value is -2.93. The van der Waals surface area contributed by atoms with E-state index >= 15 is 0 Å². The van der Waals surface area contributed by atoms with Gasteiger partial charge in [0, 0.05) is 26.6 Å². The average molecular weight is 533 g/mol. The molecule has 5 rings (SSSR count). The number of methoxy groups -OCH3 is 2. The predicted octanol–water partition coefficient (Wildman–Crippen LogP) is 3.36. The van der Waals surface area contributed by atoms with Crippen molar-refractivity contribution in [3.63, 3.8) is 0 Å². The zero-order valence-corrected chi connectivity index (χ0v) is 21.5. The number of rotatable bonds is 10. The van der Waals surface area contributed by atoms with E-state index in [1.54, 1.807) is 14.0 Å². The quantitative estimate of drug-likeness (QED) is 0.299. The van der Waals surface area contributed by atoms with Crippen LogP contribution in [0.1, 0.15) is 37.5 Å². The molecule has 1 aliphatic carbocycles. The van der Waals surface area contributed by atoms with Crippen LogP contribution in [0.15, 0.2) is 41.2 Å². The van der Waals surface area contributed by atoms with Crippen molar-refractivity contribution in [3.05, 3.63) is 53.3 Å². The molecule has 0 spiro atoms. The molecule has 4 aromatic rings. The van der Waals surface area contributed by atoms with Crippen LogP contribution in [0, 0.1) is 0 Å². The van der Waals surface area contributed by atoms with Gasteiger partial charge in [-0.1, -0.05) is 28.9 Å². The SMILES string of the molecule is COCC1(n2c(CS(=O)(=O)[C@@H](C)[C@H](OC)c3ncc(Cl)cn3)nnc2-c2noc3ccccc23)CC1. The van der Waals surface area contributed by atoms with Gasteiger partial charge in [0.25, 0.3) is 0 Å². The fourth-order valence-electron chi connectivity index (χ4n) is 4.43. The van der Waals surface area contributed by atoms with Gasteiger partial charge in [0.2, 0.25) is 0 Å². The minimum Gasteiger partial charge on any atom is -0.382 e. The second-order valence-corrected chi connectivity index (χ2v) is 11.7. The highest BCUT2D eigenvalue weighted by Crippen LogP contribution is 2.47. The van der Waals surface area contributed by atoms with Crippen molar-refractivity contribution in [1.29, 1.82) is 0 Å². The van der Waals surface area contributed by atoms with Crippen molar-refractivity contribution in [2.75, 3.05) is 20.8 Å². The van der Waals surface area contributed by atoms with Crippen LogP contribution in [-0.4, -0.2) is 64.4 Å². The third-order valence-corrected chi connectivity index (χ3v) is 8.74. The van der Waals surface area contributed by atoms with Gasteiger partial charge in [-0.05, 0) is 31.9 Å². The van der Waals surface area contributed by atoms with Gasteiger partial charge in [-0.3, -0.25) is 0 Å². The Balaban J connectivity index is 1.54. The molecule has 36 heavy (non-hydrogen) atoms. The summed E-state index contributed by atoms with van der Waals surface area (Å²) >= 11 is 5.88. The van der Waals surface area contributed by atoms with E-state index < -0.39 is 26.7 Å². The number of hydrogen-bond donors (Lipinski definition) is 0. The number of hydrogen-bond acceptors (Lipinski definition) is 10. The molecule has 0 unspecified atom stereocenters. The maximum absolute atomic E-state index is 13.6. The fraction of sp³-hybridized carbons (Fsp3) is 0.435. The Morgan fingerprint density at radius 3 is 2.56 bits per heavy atom. The highest BCUT2D eigenvalue weighted by Gasteiger charge is 2.49. The standard InChI is InChI=1S/C23H25ClN6O5S/c1-14(20(34-3)21-25-10-15(24)11-26-21)36(31,32)12-18-27-28-22(30(18)23(8-9-23)13-33-2)19-16-6-4-5-7-17(16)35-29-19/h4-7,10-11,14,20H,8-9,12-13H2,1-3H3/t14-,20-/m0/s1. The van der Waals surface area contributed by atoms with Gasteiger partial charge in [0.05, 0.1) is 27.8 Å². The first kappa shape index (κ1) is 24.8. The highest BCUT2D eigenvalue weighted by atomic mass is 35.5. The molecule has 0 amide bonds. The summed E-state index contributed by atoms with van der Waals surface area (Å²) in [5, 5.41) is 13.1. The molecule has 13 heteroatoms. The summed E-state index contributed by atoms with van der Waals surface area (Å²) in [4.78, 5) is 8.30. The number of benzene rings is 1. The molecule has 190 valence electrons. The maximum Gasteiger partial charge on any atom is 0.187 e. The summed E-state index contributed by atoms with van der Waals surface area (Å²) in [5.74, 6) is 0.602. The van der Waals surface area contributed by atoms with Crippen LogP contribution in [0.2, 0.25) is 5.02 Å². The predicted molar refractivity (Wildman–Crippen MR) is 131 cm³/mol. The summed E-state index contributed by atoms with van der Waals surface area (Å²) in [6.07, 6.45) is 3.51. The van der Waals surface area contributed by atoms with E-state index in [9.17, 15) is 8.42 Å². The molecule has 2 atom stereocenters. The van der Waals surface area contributed by atoms with Crippen molar-refractivity contribution in [2.24, 2.45) is 0 Å². The van der Waals surface area contributed by atoms with Crippen molar-refractivity contribution in [3.8, 4) is 11.5 Å². The number of para-hydroxylation sites is 1. The Bertz CT molecular complexity index is 1480. The number of nitrogens with zero attached hydrogens (tertiary/aromatic N) is 6. The molecule has 0 saturated heterocycles. The van der Waals surface area contributed by atoms with Gasteiger partial charge in [-0.2, -0.15) is 0 Å². The molecule has 0 aliphatic heterocycles. The fourth-order valence-corrected chi connectivity index (χ4v) is 5.95. The highest BCUT2D eigenvalue weighted by molar-refractivity contribution is 7.91. The van der Waals surface area contributed by atoms with E-state index in [4.69, 9.17) is 25.6 Å². The minimum absolute atomic E-state index is 0.229. The van der Waals surface area contributed by atoms with Gasteiger partial charge >= 0.3 is 0 Å². The second-order valence-electron chi connectivity index (χ2n) is 8.89. The normalized spacial score (nSPS) is 16.8. The summed E-state index contributed by atoms with van der Waals surface area (Å²) in [6.45, 7) is 1.95. The average Bonchev–Trinajstić information content (AvgIpc) is 3.32. The van der Waals surface area contributed by atoms with Crippen LogP contribution in [-0.2, 0) is 30.6 Å². The Morgan fingerprint density at radius 2 is 1.89 bits per heavy atom. The van der Waals surface area contributed by atoms with E-state index in [1.165, 1.54) is 19.5 Å². The molecule has 11 nitrogen and oxygen atoms in total. The molecular weight excluding hydrogens is 508 g/mol. The lowest BCUT2D eigenvalue weighted by Gasteiger charge is -2.23. The first-order chi connectivity index (χ1) is 17.3. The molecule has 1 aliphatic rings. The first-order valence-corrected chi connectivity index (χ1v) is 13.4. The van der Waals surface area contributed by atoms with Crippen LogP contribution < -0.4 is 0 Å². The van der Waals surface area contributed by atoms with Crippen LogP contribution in [0.3, 0.4) is 0 Å². The Morgan fingerprint density at radius 1 is 1.17 bits per heavy atom. The molecule has 0 N–H and O–H groups in total. The van der Waals surface area contributed by atoms with Gasteiger partial charge in [-0.15, -0.1) is 10.2 Å². The van der Waals surface area contributed by atoms with Crippen LogP contribution in [0.5, 0.6) is 0 Å². The van der Waals surface area contributed by atoms with E-state index in [2.05, 4.69) is 25.3 Å². The van der Waals surface area contributed by atoms with Crippen LogP contribution in [0.4, 0.5) is 0 Å². The van der Waals surface area contributed by atoms with Crippen molar-refractivity contribution in [1.82, 2.24) is 29.9 Å². The van der Waals surface area contributed by atoms with E-state index in [1.807, 2.05) is 28.8 Å². The Labute approximate surface area is 212 Å². The van der Waals surface area contributed by atoms with Crippen molar-refractivity contribution < 1.29 is 22.4 Å². The Kier molecular flexibility index (Phi) is 6.54. The van der Waals surface area contributed by atoms with Gasteiger partial charge < -0.3 is 18.6 Å². The molecule has 3 aromatic heterocycles. The number of aromatic nitrogens is 6. The van der Waals surface area contributed by atoms with Crippen LogP contribution in [0.25, 0.3) is 22.5 Å². The van der Waals surface area contributed by atoms with Gasteiger partial charge in [0.1, 0.15) is 17.7 Å². The smallest absolute Gasteiger partial charge is 0.187 e. The molecule has 3 heterocycles. The topological polar surface area (TPSA) is 135 Å². The molecular formula is C23H25ClN6O5S. The maximum atomic E-state index is 13.6. The van der Waals surface area contributed by atoms with Gasteiger partial charge in [-0.25, -0.2) is 18.4 Å². The molecule has 0 bridgehead atoms. The second kappa shape index (κ2) is 9.51. The summed E-state index contributed by atoms with van der Waals surface area (Å²) in [5.41, 5.74) is 0.649. The third-order valence-electron chi connectivity index (χ3n) is 6.51. The van der Waals surface area contributed by atoms with E-state index in [0.29, 0.717) is 34.6 Å². The lowest BCUT2D eigenvalue weighted by molar-refractivity contribution is 0.0948. The number of ether oxygens (including phenoxy) is 2. The third kappa shape index (κ3) is 4.38. The summed E-state index contributed by atoms with van der Waals surface area (Å²) < 4.78 is 45.5. The largest absolute Gasteiger partial charge is 0.382 e. The molecule has 1 fully saturated rings. The van der Waals surface area contributed by atoms with Crippen molar-refractivity contribution in [2.45, 2.75) is 42.4 Å². The monoisotopic (exact) mass is 532 g/mol. The lowest BCUT2D eigenvalue weighted by Crippen LogP contribution is -2.32. The number of fused-ring (bicyclic) bond motifs is 1. The zero-order valence-electron chi connectivity index (χ0n) is 20.0. The van der Waals surface area contributed by atoms with Crippen molar-refractivity contribution >= 4 is 32.4 Å². The summed E-state index contributed by atoms with van der Waals surface area (Å²) in [6, 6.07) is 7.42. The van der Waals surface area contributed by atoms with E-state index in [0.717, 1.165) is 18.2 Å². The minimum atomic E-state index is -3.80. The van der Waals surface area contributed by atoms with E-state index in [-0.39, 0.29) is 11.6 Å². The number of halogens is 1. The first-order valence-electron chi connectivity index (χ1n) is 11.3. The number of sulfone groups is 1. The molecule has 1 saturated carbocycles. The zero-order chi connectivity index (χ0) is 25.5.